The van der Waals surface area contributed by atoms with Gasteiger partial charge in [0.2, 0.25) is 6.54 Å². The normalized spacial score (nSPS) is 11.6. The summed E-state index contributed by atoms with van der Waals surface area (Å²) in [6.45, 7) is -0.374. The Morgan fingerprint density at radius 2 is 1.96 bits per heavy atom. The highest BCUT2D eigenvalue weighted by molar-refractivity contribution is 7.99. The molecule has 0 aliphatic heterocycles. The number of carboxylic acid groups (broad SMARTS) is 1. The quantitative estimate of drug-likeness (QED) is 0.435. The molecule has 0 aliphatic carbocycles. The van der Waals surface area contributed by atoms with Crippen LogP contribution >= 0.6 is 11.8 Å². The molecule has 7 nitrogen and oxygen atoms in total. The molecule has 1 atom stereocenters. The van der Waals surface area contributed by atoms with Gasteiger partial charge in [0.25, 0.3) is 0 Å². The Morgan fingerprint density at radius 1 is 1.24 bits per heavy atom. The Hall–Kier alpha value is -2.74. The number of nitrogens with zero attached hydrogens (tertiary/aromatic N) is 1. The highest BCUT2D eigenvalue weighted by atomic mass is 32.2. The van der Waals surface area contributed by atoms with Crippen LogP contribution in [-0.2, 0) is 0 Å². The zero-order valence-corrected chi connectivity index (χ0v) is 14.5. The van der Waals surface area contributed by atoms with Crippen LogP contribution in [0.2, 0.25) is 0 Å². The molecule has 0 aliphatic rings. The van der Waals surface area contributed by atoms with Gasteiger partial charge in [-0.2, -0.15) is 0 Å². The number of aromatic carboxylic acids is 1. The van der Waals surface area contributed by atoms with Crippen molar-refractivity contribution < 1.29 is 24.3 Å². The second-order valence-electron chi connectivity index (χ2n) is 5.03. The second kappa shape index (κ2) is 8.39. The lowest BCUT2D eigenvalue weighted by atomic mass is 10.1. The van der Waals surface area contributed by atoms with E-state index in [0.717, 1.165) is 11.8 Å². The summed E-state index contributed by atoms with van der Waals surface area (Å²) in [5, 5.41) is 19.8. The molecular weight excluding hydrogens is 346 g/mol. The van der Waals surface area contributed by atoms with Crippen molar-refractivity contribution in [1.29, 1.82) is 0 Å². The number of thioether (sulfide) groups is 1. The maximum absolute atomic E-state index is 11.4. The largest absolute Gasteiger partial charge is 0.497 e. The summed E-state index contributed by atoms with van der Waals surface area (Å²) in [6.07, 6.45) is 0. The first-order chi connectivity index (χ1) is 12.0. The first-order valence-electron chi connectivity index (χ1n) is 7.29. The molecule has 0 fully saturated rings. The molecule has 132 valence electrons. The van der Waals surface area contributed by atoms with E-state index < -0.39 is 16.1 Å². The minimum atomic E-state index is -1.08. The predicted molar refractivity (Wildman–Crippen MR) is 93.4 cm³/mol. The van der Waals surface area contributed by atoms with Gasteiger partial charge in [-0.1, -0.05) is 18.2 Å². The minimum absolute atomic E-state index is 0.105. The van der Waals surface area contributed by atoms with Crippen LogP contribution in [0, 0.1) is 10.1 Å². The maximum atomic E-state index is 11.4. The summed E-state index contributed by atoms with van der Waals surface area (Å²) in [4.78, 5) is 22.5. The Balaban J connectivity index is 2.44. The van der Waals surface area contributed by atoms with E-state index >= 15 is 0 Å². The van der Waals surface area contributed by atoms with E-state index in [2.05, 4.69) is 0 Å². The average molecular weight is 363 g/mol. The van der Waals surface area contributed by atoms with Gasteiger partial charge in [0.15, 0.2) is 0 Å². The van der Waals surface area contributed by atoms with Crippen LogP contribution in [0.5, 0.6) is 11.5 Å². The molecule has 2 aromatic rings. The summed E-state index contributed by atoms with van der Waals surface area (Å²) >= 11 is 1.12. The van der Waals surface area contributed by atoms with Gasteiger partial charge >= 0.3 is 5.97 Å². The number of carbonyl (C=O) groups is 1. The molecule has 0 amide bonds. The highest BCUT2D eigenvalue weighted by Gasteiger charge is 2.25. The fraction of sp³-hybridized carbons (Fsp3) is 0.235. The fourth-order valence-corrected chi connectivity index (χ4v) is 3.58. The van der Waals surface area contributed by atoms with E-state index in [0.29, 0.717) is 22.0 Å². The van der Waals surface area contributed by atoms with Crippen molar-refractivity contribution in [2.24, 2.45) is 0 Å². The number of nitro groups is 1. The van der Waals surface area contributed by atoms with Crippen molar-refractivity contribution in [2.75, 3.05) is 20.8 Å². The molecule has 0 aromatic heterocycles. The van der Waals surface area contributed by atoms with Crippen LogP contribution < -0.4 is 9.47 Å². The summed E-state index contributed by atoms with van der Waals surface area (Å²) in [5.41, 5.74) is 0.707. The van der Waals surface area contributed by atoms with Crippen LogP contribution in [0.15, 0.2) is 47.4 Å². The van der Waals surface area contributed by atoms with Crippen molar-refractivity contribution >= 4 is 17.7 Å². The average Bonchev–Trinajstić information content (AvgIpc) is 2.60. The van der Waals surface area contributed by atoms with Gasteiger partial charge in [0.1, 0.15) is 16.7 Å². The number of methoxy groups -OCH3 is 2. The lowest BCUT2D eigenvalue weighted by Gasteiger charge is -2.18. The molecule has 25 heavy (non-hydrogen) atoms. The van der Waals surface area contributed by atoms with Crippen LogP contribution in [0.3, 0.4) is 0 Å². The maximum Gasteiger partial charge on any atom is 0.336 e. The van der Waals surface area contributed by atoms with Gasteiger partial charge in [-0.25, -0.2) is 4.79 Å². The fourth-order valence-electron chi connectivity index (χ4n) is 2.32. The van der Waals surface area contributed by atoms with E-state index in [4.69, 9.17) is 9.47 Å². The predicted octanol–water partition coefficient (Wildman–Crippen LogP) is 3.51. The van der Waals surface area contributed by atoms with Crippen molar-refractivity contribution in [2.45, 2.75) is 10.1 Å². The molecule has 2 rings (SSSR count). The molecule has 0 saturated heterocycles. The van der Waals surface area contributed by atoms with Crippen LogP contribution in [0.1, 0.15) is 21.2 Å². The third kappa shape index (κ3) is 4.63. The number of carboxylic acids is 1. The Labute approximate surface area is 148 Å². The number of benzene rings is 2. The lowest BCUT2D eigenvalue weighted by Crippen LogP contribution is -2.12. The van der Waals surface area contributed by atoms with Gasteiger partial charge in [-0.3, -0.25) is 10.1 Å². The van der Waals surface area contributed by atoms with Crippen LogP contribution in [0.25, 0.3) is 0 Å². The molecule has 2 aromatic carbocycles. The van der Waals surface area contributed by atoms with Crippen molar-refractivity contribution in [3.8, 4) is 11.5 Å². The van der Waals surface area contributed by atoms with Gasteiger partial charge in [-0.05, 0) is 18.2 Å². The lowest BCUT2D eigenvalue weighted by molar-refractivity contribution is -0.479. The number of ether oxygens (including phenoxy) is 2. The van der Waals surface area contributed by atoms with E-state index in [1.165, 1.54) is 20.3 Å². The number of hydrogen-bond acceptors (Lipinski definition) is 6. The number of rotatable bonds is 8. The Morgan fingerprint density at radius 3 is 2.56 bits per heavy atom. The smallest absolute Gasteiger partial charge is 0.336 e. The molecule has 0 bridgehead atoms. The van der Waals surface area contributed by atoms with Gasteiger partial charge in [-0.15, -0.1) is 11.8 Å². The summed E-state index contributed by atoms with van der Waals surface area (Å²) in [7, 11) is 2.98. The molecular formula is C17H17NO6S. The standard InChI is InChI=1S/C17H17NO6S/c1-23-11-7-8-12(14(9-11)24-2)16(10-18(21)22)25-15-6-4-3-5-13(15)17(19)20/h3-9,16H,10H2,1-2H3,(H,19,20)/t16-/m1/s1. The molecule has 8 heteroatoms. The molecule has 0 spiro atoms. The van der Waals surface area contributed by atoms with E-state index in [-0.39, 0.29) is 12.1 Å². The summed E-state index contributed by atoms with van der Waals surface area (Å²) in [5.74, 6) is -0.0625. The molecule has 0 radical (unpaired) electrons. The topological polar surface area (TPSA) is 98.9 Å². The summed E-state index contributed by atoms with van der Waals surface area (Å²) < 4.78 is 10.5. The van der Waals surface area contributed by atoms with Gasteiger partial charge in [0, 0.05) is 21.4 Å². The van der Waals surface area contributed by atoms with Gasteiger partial charge < -0.3 is 14.6 Å². The highest BCUT2D eigenvalue weighted by Crippen LogP contribution is 2.41. The zero-order valence-electron chi connectivity index (χ0n) is 13.7. The van der Waals surface area contributed by atoms with E-state index in [9.17, 15) is 20.0 Å². The summed E-state index contributed by atoms with van der Waals surface area (Å²) in [6, 6.07) is 11.5. The second-order valence-corrected chi connectivity index (χ2v) is 6.28. The van der Waals surface area contributed by atoms with E-state index in [1.807, 2.05) is 0 Å². The zero-order chi connectivity index (χ0) is 18.4. The molecule has 0 unspecified atom stereocenters. The Kier molecular flexibility index (Phi) is 6.24. The minimum Gasteiger partial charge on any atom is -0.497 e. The third-order valence-corrected chi connectivity index (χ3v) is 4.79. The van der Waals surface area contributed by atoms with Gasteiger partial charge in [0.05, 0.1) is 19.8 Å². The van der Waals surface area contributed by atoms with Crippen molar-refractivity contribution in [3.63, 3.8) is 0 Å². The number of hydrogen-bond donors (Lipinski definition) is 1. The first kappa shape index (κ1) is 18.6. The Bertz CT molecular complexity index is 779. The third-order valence-electron chi connectivity index (χ3n) is 3.49. The SMILES string of the molecule is COc1ccc([C@@H](C[N+](=O)[O-])Sc2ccccc2C(=O)O)c(OC)c1. The first-order valence-corrected chi connectivity index (χ1v) is 8.17. The van der Waals surface area contributed by atoms with Crippen LogP contribution in [-0.4, -0.2) is 36.8 Å². The van der Waals surface area contributed by atoms with E-state index in [1.54, 1.807) is 36.4 Å². The monoisotopic (exact) mass is 363 g/mol. The molecule has 1 N–H and O–H groups in total. The molecule has 0 heterocycles. The van der Waals surface area contributed by atoms with Crippen molar-refractivity contribution in [1.82, 2.24) is 0 Å². The van der Waals surface area contributed by atoms with Crippen LogP contribution in [0.4, 0.5) is 0 Å². The molecule has 0 saturated carbocycles. The van der Waals surface area contributed by atoms with Crippen molar-refractivity contribution in [3.05, 3.63) is 63.7 Å².